The van der Waals surface area contributed by atoms with Gasteiger partial charge in [-0.2, -0.15) is 0 Å². The molecule has 0 aliphatic heterocycles. The van der Waals surface area contributed by atoms with Crippen LogP contribution in [0.3, 0.4) is 0 Å². The van der Waals surface area contributed by atoms with E-state index in [4.69, 9.17) is 11.6 Å². The van der Waals surface area contributed by atoms with Crippen LogP contribution < -0.4 is 4.90 Å². The van der Waals surface area contributed by atoms with Crippen LogP contribution in [-0.4, -0.2) is 7.05 Å². The molecule has 19 heavy (non-hydrogen) atoms. The summed E-state index contributed by atoms with van der Waals surface area (Å²) in [6.45, 7) is 0.823. The first-order chi connectivity index (χ1) is 9.11. The summed E-state index contributed by atoms with van der Waals surface area (Å²) >= 11 is 13.3. The number of halogens is 3. The van der Waals surface area contributed by atoms with E-state index in [1.807, 2.05) is 24.3 Å². The molecule has 2 aromatic rings. The van der Waals surface area contributed by atoms with E-state index in [-0.39, 0.29) is 0 Å². The Labute approximate surface area is 135 Å². The van der Waals surface area contributed by atoms with Crippen molar-refractivity contribution >= 4 is 49.1 Å². The SMILES string of the molecule is CN(Cc1cccc(Br)c1)c1c(Cl)cccc1CBr. The Morgan fingerprint density at radius 1 is 1.16 bits per heavy atom. The second kappa shape index (κ2) is 6.78. The zero-order chi connectivity index (χ0) is 13.8. The molecule has 0 spiro atoms. The molecule has 2 aromatic carbocycles. The number of nitrogens with zero attached hydrogens (tertiary/aromatic N) is 1. The van der Waals surface area contributed by atoms with Crippen LogP contribution >= 0.6 is 43.5 Å². The maximum absolute atomic E-state index is 6.33. The van der Waals surface area contributed by atoms with Crippen molar-refractivity contribution in [2.45, 2.75) is 11.9 Å². The fourth-order valence-electron chi connectivity index (χ4n) is 2.08. The first-order valence-electron chi connectivity index (χ1n) is 5.90. The van der Waals surface area contributed by atoms with Gasteiger partial charge in [-0.25, -0.2) is 0 Å². The summed E-state index contributed by atoms with van der Waals surface area (Å²) in [6.07, 6.45) is 0. The van der Waals surface area contributed by atoms with Crippen molar-refractivity contribution in [3.63, 3.8) is 0 Å². The number of hydrogen-bond donors (Lipinski definition) is 0. The van der Waals surface area contributed by atoms with Crippen LogP contribution in [0, 0.1) is 0 Å². The second-order valence-electron chi connectivity index (χ2n) is 4.37. The predicted molar refractivity (Wildman–Crippen MR) is 90.3 cm³/mol. The molecule has 0 aliphatic rings. The minimum Gasteiger partial charge on any atom is -0.369 e. The van der Waals surface area contributed by atoms with Crippen molar-refractivity contribution < 1.29 is 0 Å². The Hall–Kier alpha value is -0.510. The Morgan fingerprint density at radius 2 is 1.89 bits per heavy atom. The van der Waals surface area contributed by atoms with Crippen LogP contribution in [-0.2, 0) is 11.9 Å². The number of anilines is 1. The van der Waals surface area contributed by atoms with E-state index in [1.165, 1.54) is 11.1 Å². The van der Waals surface area contributed by atoms with Crippen molar-refractivity contribution in [3.8, 4) is 0 Å². The van der Waals surface area contributed by atoms with Gasteiger partial charge in [-0.3, -0.25) is 0 Å². The summed E-state index contributed by atoms with van der Waals surface area (Å²) in [5.41, 5.74) is 3.53. The molecule has 0 aromatic heterocycles. The Balaban J connectivity index is 2.27. The third kappa shape index (κ3) is 3.74. The smallest absolute Gasteiger partial charge is 0.0642 e. The lowest BCUT2D eigenvalue weighted by atomic mass is 10.1. The van der Waals surface area contributed by atoms with E-state index in [0.29, 0.717) is 0 Å². The number of benzene rings is 2. The zero-order valence-corrected chi connectivity index (χ0v) is 14.5. The Kier molecular flexibility index (Phi) is 5.31. The van der Waals surface area contributed by atoms with Crippen LogP contribution in [0.1, 0.15) is 11.1 Å². The normalized spacial score (nSPS) is 10.5. The van der Waals surface area contributed by atoms with Gasteiger partial charge in [0.05, 0.1) is 10.7 Å². The van der Waals surface area contributed by atoms with Crippen molar-refractivity contribution in [2.75, 3.05) is 11.9 Å². The van der Waals surface area contributed by atoms with Crippen LogP contribution in [0.4, 0.5) is 5.69 Å². The Morgan fingerprint density at radius 3 is 2.58 bits per heavy atom. The third-order valence-corrected chi connectivity index (χ3v) is 4.31. The minimum absolute atomic E-state index is 0.787. The molecule has 1 nitrogen and oxygen atoms in total. The van der Waals surface area contributed by atoms with Crippen LogP contribution in [0.15, 0.2) is 46.9 Å². The molecular formula is C15H14Br2ClN. The van der Waals surface area contributed by atoms with E-state index < -0.39 is 0 Å². The van der Waals surface area contributed by atoms with Crippen LogP contribution in [0.2, 0.25) is 5.02 Å². The van der Waals surface area contributed by atoms with Crippen molar-refractivity contribution in [1.82, 2.24) is 0 Å². The minimum atomic E-state index is 0.787. The monoisotopic (exact) mass is 401 g/mol. The molecule has 0 fully saturated rings. The van der Waals surface area contributed by atoms with Gasteiger partial charge in [0, 0.05) is 23.4 Å². The first kappa shape index (κ1) is 14.9. The van der Waals surface area contributed by atoms with Gasteiger partial charge in [0.1, 0.15) is 0 Å². The van der Waals surface area contributed by atoms with Crippen molar-refractivity contribution in [2.24, 2.45) is 0 Å². The van der Waals surface area contributed by atoms with Gasteiger partial charge in [0.15, 0.2) is 0 Å². The molecule has 0 N–H and O–H groups in total. The quantitative estimate of drug-likeness (QED) is 0.598. The first-order valence-corrected chi connectivity index (χ1v) is 8.20. The van der Waals surface area contributed by atoms with E-state index in [9.17, 15) is 0 Å². The van der Waals surface area contributed by atoms with E-state index in [0.717, 1.165) is 27.1 Å². The molecule has 0 bridgehead atoms. The van der Waals surface area contributed by atoms with Gasteiger partial charge < -0.3 is 4.90 Å². The molecule has 0 heterocycles. The number of rotatable bonds is 4. The van der Waals surface area contributed by atoms with Crippen molar-refractivity contribution in [1.29, 1.82) is 0 Å². The highest BCUT2D eigenvalue weighted by Crippen LogP contribution is 2.31. The summed E-state index contributed by atoms with van der Waals surface area (Å²) in [6, 6.07) is 14.3. The molecule has 0 radical (unpaired) electrons. The highest BCUT2D eigenvalue weighted by atomic mass is 79.9. The largest absolute Gasteiger partial charge is 0.369 e. The summed E-state index contributed by atoms with van der Waals surface area (Å²) in [7, 11) is 2.06. The van der Waals surface area contributed by atoms with Crippen LogP contribution in [0.5, 0.6) is 0 Å². The fraction of sp³-hybridized carbons (Fsp3) is 0.200. The zero-order valence-electron chi connectivity index (χ0n) is 10.5. The fourth-order valence-corrected chi connectivity index (χ4v) is 3.32. The second-order valence-corrected chi connectivity index (χ2v) is 6.25. The molecular weight excluding hydrogens is 389 g/mol. The number of para-hydroxylation sites is 1. The van der Waals surface area contributed by atoms with Gasteiger partial charge in [0.25, 0.3) is 0 Å². The summed E-state index contributed by atoms with van der Waals surface area (Å²) < 4.78 is 1.10. The summed E-state index contributed by atoms with van der Waals surface area (Å²) in [5.74, 6) is 0. The maximum atomic E-state index is 6.33. The summed E-state index contributed by atoms with van der Waals surface area (Å²) in [4.78, 5) is 2.18. The predicted octanol–water partition coefficient (Wildman–Crippen LogP) is 5.63. The van der Waals surface area contributed by atoms with E-state index in [1.54, 1.807) is 0 Å². The van der Waals surface area contributed by atoms with Gasteiger partial charge in [-0.05, 0) is 29.3 Å². The molecule has 100 valence electrons. The average Bonchev–Trinajstić information content (AvgIpc) is 2.38. The van der Waals surface area contributed by atoms with E-state index >= 15 is 0 Å². The van der Waals surface area contributed by atoms with Gasteiger partial charge in [-0.1, -0.05) is 67.7 Å². The van der Waals surface area contributed by atoms with E-state index in [2.05, 4.69) is 62.0 Å². The topological polar surface area (TPSA) is 3.24 Å². The molecule has 0 atom stereocenters. The molecule has 0 unspecified atom stereocenters. The lowest BCUT2D eigenvalue weighted by Crippen LogP contribution is -2.18. The average molecular weight is 404 g/mol. The molecule has 0 amide bonds. The molecule has 2 rings (SSSR count). The Bertz CT molecular complexity index is 572. The lowest BCUT2D eigenvalue weighted by molar-refractivity contribution is 0.916. The molecule has 0 saturated carbocycles. The highest BCUT2D eigenvalue weighted by Gasteiger charge is 2.11. The third-order valence-electron chi connectivity index (χ3n) is 2.90. The highest BCUT2D eigenvalue weighted by molar-refractivity contribution is 9.10. The lowest BCUT2D eigenvalue weighted by Gasteiger charge is -2.23. The van der Waals surface area contributed by atoms with Crippen LogP contribution in [0.25, 0.3) is 0 Å². The van der Waals surface area contributed by atoms with Gasteiger partial charge in [0.2, 0.25) is 0 Å². The summed E-state index contributed by atoms with van der Waals surface area (Å²) in [5, 5.41) is 1.58. The van der Waals surface area contributed by atoms with Crippen molar-refractivity contribution in [3.05, 3.63) is 63.1 Å². The number of alkyl halides is 1. The standard InChI is InChI=1S/C15H14Br2ClN/c1-19(10-11-4-2-6-13(17)8-11)15-12(9-16)5-3-7-14(15)18/h2-8H,9-10H2,1H3. The van der Waals surface area contributed by atoms with Gasteiger partial charge >= 0.3 is 0 Å². The van der Waals surface area contributed by atoms with Gasteiger partial charge in [-0.15, -0.1) is 0 Å². The molecule has 0 saturated heterocycles. The molecule has 4 heteroatoms. The number of hydrogen-bond acceptors (Lipinski definition) is 1. The maximum Gasteiger partial charge on any atom is 0.0642 e. The molecule has 0 aliphatic carbocycles.